The molecule has 0 saturated carbocycles. The topological polar surface area (TPSA) is 92.5 Å². The zero-order valence-electron chi connectivity index (χ0n) is 18.9. The molecule has 1 fully saturated rings. The molecule has 174 valence electrons. The molecule has 0 radical (unpaired) electrons. The van der Waals surface area contributed by atoms with E-state index in [-0.39, 0.29) is 29.1 Å². The van der Waals surface area contributed by atoms with Crippen molar-refractivity contribution in [2.24, 2.45) is 5.92 Å². The molecule has 0 spiro atoms. The molecule has 1 aliphatic rings. The third kappa shape index (κ3) is 5.17. The van der Waals surface area contributed by atoms with Crippen molar-refractivity contribution in [2.75, 3.05) is 13.1 Å². The van der Waals surface area contributed by atoms with Gasteiger partial charge in [0, 0.05) is 13.1 Å². The summed E-state index contributed by atoms with van der Waals surface area (Å²) in [5.41, 5.74) is 2.48. The van der Waals surface area contributed by atoms with Crippen molar-refractivity contribution in [3.8, 4) is 0 Å². The van der Waals surface area contributed by atoms with E-state index in [0.29, 0.717) is 31.5 Å². The summed E-state index contributed by atoms with van der Waals surface area (Å²) < 4.78 is 32.9. The third-order valence-electron chi connectivity index (χ3n) is 6.12. The zero-order valence-corrected chi connectivity index (χ0v) is 19.7. The monoisotopic (exact) mass is 467 g/mol. The molecule has 1 saturated heterocycles. The van der Waals surface area contributed by atoms with Gasteiger partial charge < -0.3 is 9.84 Å². The molecule has 8 heteroatoms. The van der Waals surface area contributed by atoms with Crippen molar-refractivity contribution in [3.05, 3.63) is 83.2 Å². The molecule has 1 aromatic heterocycles. The first-order valence-electron chi connectivity index (χ1n) is 11.2. The van der Waals surface area contributed by atoms with Gasteiger partial charge in [-0.2, -0.15) is 4.31 Å². The average molecular weight is 468 g/mol. The van der Waals surface area contributed by atoms with Gasteiger partial charge in [0.05, 0.1) is 12.0 Å². The number of aromatic nitrogens is 1. The van der Waals surface area contributed by atoms with E-state index in [2.05, 4.69) is 10.5 Å². The number of carbonyl (C=O) groups excluding carboxylic acids is 1. The predicted octanol–water partition coefficient (Wildman–Crippen LogP) is 3.79. The van der Waals surface area contributed by atoms with Crippen LogP contribution in [-0.4, -0.2) is 36.9 Å². The molecule has 1 N–H and O–H groups in total. The second kappa shape index (κ2) is 9.89. The van der Waals surface area contributed by atoms with Crippen LogP contribution in [0.25, 0.3) is 0 Å². The molecular formula is C25H29N3O4S. The molecular weight excluding hydrogens is 438 g/mol. The van der Waals surface area contributed by atoms with Gasteiger partial charge in [0.2, 0.25) is 15.9 Å². The highest BCUT2D eigenvalue weighted by Gasteiger charge is 2.37. The van der Waals surface area contributed by atoms with Gasteiger partial charge in [-0.1, -0.05) is 65.8 Å². The maximum atomic E-state index is 13.3. The minimum atomic E-state index is -3.78. The van der Waals surface area contributed by atoms with E-state index >= 15 is 0 Å². The van der Waals surface area contributed by atoms with Crippen molar-refractivity contribution in [2.45, 2.75) is 44.0 Å². The molecule has 4 rings (SSSR count). The van der Waals surface area contributed by atoms with Gasteiger partial charge in [0.25, 0.3) is 0 Å². The van der Waals surface area contributed by atoms with Gasteiger partial charge in [0.15, 0.2) is 5.76 Å². The maximum absolute atomic E-state index is 13.3. The first-order valence-corrected chi connectivity index (χ1v) is 12.6. The summed E-state index contributed by atoms with van der Waals surface area (Å²) in [6.07, 6.45) is 1.92. The van der Waals surface area contributed by atoms with Gasteiger partial charge in [-0.25, -0.2) is 8.42 Å². The lowest BCUT2D eigenvalue weighted by molar-refractivity contribution is -0.126. The van der Waals surface area contributed by atoms with Crippen molar-refractivity contribution in [1.29, 1.82) is 0 Å². The second-order valence-electron chi connectivity index (χ2n) is 8.52. The van der Waals surface area contributed by atoms with Crippen LogP contribution < -0.4 is 5.32 Å². The quantitative estimate of drug-likeness (QED) is 0.571. The van der Waals surface area contributed by atoms with Gasteiger partial charge in [0.1, 0.15) is 10.6 Å². The lowest BCUT2D eigenvalue weighted by atomic mass is 9.95. The van der Waals surface area contributed by atoms with E-state index in [1.165, 1.54) is 4.31 Å². The molecule has 33 heavy (non-hydrogen) atoms. The van der Waals surface area contributed by atoms with Crippen LogP contribution >= 0.6 is 0 Å². The Labute approximate surface area is 194 Å². The Balaban J connectivity index is 1.51. The molecule has 2 atom stereocenters. The van der Waals surface area contributed by atoms with Crippen molar-refractivity contribution in [3.63, 3.8) is 0 Å². The van der Waals surface area contributed by atoms with E-state index in [9.17, 15) is 13.2 Å². The molecule has 2 heterocycles. The number of nitrogens with zero attached hydrogens (tertiary/aromatic N) is 2. The van der Waals surface area contributed by atoms with Crippen LogP contribution in [0.5, 0.6) is 0 Å². The van der Waals surface area contributed by atoms with Crippen LogP contribution in [0.3, 0.4) is 0 Å². The minimum absolute atomic E-state index is 0.106. The summed E-state index contributed by atoms with van der Waals surface area (Å²) >= 11 is 0. The van der Waals surface area contributed by atoms with Crippen LogP contribution in [0.4, 0.5) is 0 Å². The Hall–Kier alpha value is -2.97. The predicted molar refractivity (Wildman–Crippen MR) is 125 cm³/mol. The third-order valence-corrected chi connectivity index (χ3v) is 8.23. The Morgan fingerprint density at radius 1 is 1.12 bits per heavy atom. The highest BCUT2D eigenvalue weighted by molar-refractivity contribution is 7.89. The van der Waals surface area contributed by atoms with Crippen LogP contribution in [0, 0.1) is 19.8 Å². The van der Waals surface area contributed by atoms with Crippen molar-refractivity contribution < 1.29 is 17.7 Å². The fourth-order valence-corrected chi connectivity index (χ4v) is 6.24. The smallest absolute Gasteiger partial charge is 0.248 e. The summed E-state index contributed by atoms with van der Waals surface area (Å²) in [5.74, 6) is -0.277. The van der Waals surface area contributed by atoms with E-state index in [1.54, 1.807) is 13.8 Å². The highest BCUT2D eigenvalue weighted by Crippen LogP contribution is 2.28. The molecule has 0 bridgehead atoms. The zero-order chi connectivity index (χ0) is 23.4. The number of carbonyl (C=O) groups is 1. The SMILES string of the molecule is Cc1noc(C)c1S(=O)(=O)N1CCCC(C(=O)NC(Cc2ccccc2)c2ccccc2)C1. The van der Waals surface area contributed by atoms with Crippen LogP contribution in [0.1, 0.15) is 41.5 Å². The number of rotatable bonds is 7. The Bertz CT molecular complexity index is 1170. The lowest BCUT2D eigenvalue weighted by Crippen LogP contribution is -2.46. The van der Waals surface area contributed by atoms with E-state index in [0.717, 1.165) is 11.1 Å². The number of hydrogen-bond donors (Lipinski definition) is 1. The summed E-state index contributed by atoms with van der Waals surface area (Å²) in [6.45, 7) is 3.73. The summed E-state index contributed by atoms with van der Waals surface area (Å²) in [6, 6.07) is 19.7. The molecule has 7 nitrogen and oxygen atoms in total. The Morgan fingerprint density at radius 3 is 2.42 bits per heavy atom. The van der Waals surface area contributed by atoms with E-state index < -0.39 is 15.9 Å². The van der Waals surface area contributed by atoms with Crippen LogP contribution in [0.2, 0.25) is 0 Å². The lowest BCUT2D eigenvalue weighted by Gasteiger charge is -2.32. The number of sulfonamides is 1. The second-order valence-corrected chi connectivity index (χ2v) is 10.4. The number of nitrogens with one attached hydrogen (secondary N) is 1. The maximum Gasteiger partial charge on any atom is 0.248 e. The molecule has 2 aromatic carbocycles. The first kappa shape index (κ1) is 23.2. The van der Waals surface area contributed by atoms with Crippen molar-refractivity contribution >= 4 is 15.9 Å². The number of hydrogen-bond acceptors (Lipinski definition) is 5. The molecule has 2 unspecified atom stereocenters. The molecule has 1 amide bonds. The molecule has 3 aromatic rings. The highest BCUT2D eigenvalue weighted by atomic mass is 32.2. The van der Waals surface area contributed by atoms with Crippen LogP contribution in [0.15, 0.2) is 70.1 Å². The number of aryl methyl sites for hydroxylation is 2. The normalized spacial score (nSPS) is 18.1. The fraction of sp³-hybridized carbons (Fsp3) is 0.360. The standard InChI is InChI=1S/C25H29N3O4S/c1-18-24(19(2)32-27-18)33(30,31)28-15-9-14-22(17-28)25(29)26-23(21-12-7-4-8-13-21)16-20-10-5-3-6-11-20/h3-8,10-13,22-23H,9,14-17H2,1-2H3,(H,26,29). The van der Waals surface area contributed by atoms with E-state index in [1.807, 2.05) is 60.7 Å². The number of amides is 1. The minimum Gasteiger partial charge on any atom is -0.360 e. The first-order chi connectivity index (χ1) is 15.9. The van der Waals surface area contributed by atoms with Gasteiger partial charge in [-0.05, 0) is 44.2 Å². The number of piperidine rings is 1. The summed E-state index contributed by atoms with van der Waals surface area (Å²) in [5, 5.41) is 6.97. The summed E-state index contributed by atoms with van der Waals surface area (Å²) in [4.78, 5) is 13.4. The average Bonchev–Trinajstić information content (AvgIpc) is 3.18. The summed E-state index contributed by atoms with van der Waals surface area (Å²) in [7, 11) is -3.78. The molecule has 0 aliphatic carbocycles. The Morgan fingerprint density at radius 2 is 1.79 bits per heavy atom. The number of benzene rings is 2. The van der Waals surface area contributed by atoms with Gasteiger partial charge in [-0.3, -0.25) is 4.79 Å². The molecule has 1 aliphatic heterocycles. The largest absolute Gasteiger partial charge is 0.360 e. The Kier molecular flexibility index (Phi) is 6.95. The van der Waals surface area contributed by atoms with Gasteiger partial charge in [-0.15, -0.1) is 0 Å². The van der Waals surface area contributed by atoms with E-state index in [4.69, 9.17) is 4.52 Å². The van der Waals surface area contributed by atoms with Crippen LogP contribution in [-0.2, 0) is 21.2 Å². The fourth-order valence-electron chi connectivity index (χ4n) is 4.42. The van der Waals surface area contributed by atoms with Gasteiger partial charge >= 0.3 is 0 Å². The van der Waals surface area contributed by atoms with Crippen molar-refractivity contribution in [1.82, 2.24) is 14.8 Å².